The van der Waals surface area contributed by atoms with Crippen LogP contribution in [0.2, 0.25) is 0 Å². The number of fused-ring (bicyclic) bond motifs is 1. The lowest BCUT2D eigenvalue weighted by Gasteiger charge is -2.32. The number of anilines is 2. The molecule has 8 nitrogen and oxygen atoms in total. The average molecular weight is 507 g/mol. The SMILES string of the molecule is CCOC(=O)C1CN(C(=O)OCc2ccccc2)c2cc(NC(=O)OCc3ccccc3)ccc2S1. The summed E-state index contributed by atoms with van der Waals surface area (Å²) in [4.78, 5) is 40.0. The number of nitrogens with one attached hydrogen (secondary N) is 1. The van der Waals surface area contributed by atoms with Crippen LogP contribution in [0.4, 0.5) is 21.0 Å². The van der Waals surface area contributed by atoms with Gasteiger partial charge in [0.05, 0.1) is 18.8 Å². The number of carbonyl (C=O) groups is 3. The Bertz CT molecular complexity index is 1210. The summed E-state index contributed by atoms with van der Waals surface area (Å²) in [5.41, 5.74) is 2.69. The molecule has 0 spiro atoms. The van der Waals surface area contributed by atoms with E-state index < -0.39 is 23.4 Å². The standard InChI is InChI=1S/C27H26N2O6S/c1-2-33-25(30)24-16-29(27(32)35-18-20-11-7-4-8-12-20)22-15-21(13-14-23(22)36-24)28-26(31)34-17-19-9-5-3-6-10-19/h3-15,24H,2,16-18H2,1H3,(H,28,31). The van der Waals surface area contributed by atoms with Crippen LogP contribution in [0.5, 0.6) is 0 Å². The molecule has 0 saturated heterocycles. The van der Waals surface area contributed by atoms with Gasteiger partial charge in [0.25, 0.3) is 0 Å². The molecule has 4 rings (SSSR count). The van der Waals surface area contributed by atoms with Crippen LogP contribution >= 0.6 is 11.8 Å². The Labute approximate surface area is 213 Å². The Morgan fingerprint density at radius 2 is 1.53 bits per heavy atom. The Morgan fingerprint density at radius 1 is 0.889 bits per heavy atom. The summed E-state index contributed by atoms with van der Waals surface area (Å²) in [6, 6.07) is 23.8. The molecule has 1 N–H and O–H groups in total. The molecule has 36 heavy (non-hydrogen) atoms. The van der Waals surface area contributed by atoms with Crippen molar-refractivity contribution in [2.24, 2.45) is 0 Å². The first-order valence-electron chi connectivity index (χ1n) is 11.5. The van der Waals surface area contributed by atoms with Crippen LogP contribution in [0.25, 0.3) is 0 Å². The molecule has 0 bridgehead atoms. The highest BCUT2D eigenvalue weighted by atomic mass is 32.2. The van der Waals surface area contributed by atoms with E-state index in [-0.39, 0.29) is 26.4 Å². The van der Waals surface area contributed by atoms with E-state index in [2.05, 4.69) is 5.32 Å². The van der Waals surface area contributed by atoms with Crippen molar-refractivity contribution in [1.82, 2.24) is 0 Å². The summed E-state index contributed by atoms with van der Waals surface area (Å²) < 4.78 is 16.0. The number of hydrogen-bond acceptors (Lipinski definition) is 7. The second-order valence-electron chi connectivity index (χ2n) is 7.88. The van der Waals surface area contributed by atoms with Gasteiger partial charge in [-0.15, -0.1) is 11.8 Å². The summed E-state index contributed by atoms with van der Waals surface area (Å²) in [5, 5.41) is 2.09. The number of benzene rings is 3. The molecule has 186 valence electrons. The fraction of sp³-hybridized carbons (Fsp3) is 0.222. The van der Waals surface area contributed by atoms with Gasteiger partial charge in [-0.05, 0) is 36.2 Å². The van der Waals surface area contributed by atoms with Crippen molar-refractivity contribution in [2.75, 3.05) is 23.4 Å². The predicted molar refractivity (Wildman–Crippen MR) is 137 cm³/mol. The van der Waals surface area contributed by atoms with Gasteiger partial charge >= 0.3 is 18.2 Å². The molecule has 1 aliphatic heterocycles. The van der Waals surface area contributed by atoms with E-state index in [4.69, 9.17) is 14.2 Å². The molecule has 9 heteroatoms. The number of thioether (sulfide) groups is 1. The van der Waals surface area contributed by atoms with Crippen molar-refractivity contribution >= 4 is 41.3 Å². The number of ether oxygens (including phenoxy) is 3. The van der Waals surface area contributed by atoms with Crippen LogP contribution in [0.3, 0.4) is 0 Å². The average Bonchev–Trinajstić information content (AvgIpc) is 2.91. The number of carbonyl (C=O) groups excluding carboxylic acids is 3. The molecule has 0 aromatic heterocycles. The van der Waals surface area contributed by atoms with E-state index in [0.717, 1.165) is 11.1 Å². The molecule has 2 amide bonds. The maximum Gasteiger partial charge on any atom is 0.414 e. The molecule has 3 aromatic carbocycles. The third kappa shape index (κ3) is 6.57. The number of esters is 1. The maximum absolute atomic E-state index is 13.1. The predicted octanol–water partition coefficient (Wildman–Crippen LogP) is 5.62. The lowest BCUT2D eigenvalue weighted by Crippen LogP contribution is -2.43. The molecule has 3 aromatic rings. The van der Waals surface area contributed by atoms with Gasteiger partial charge in [-0.1, -0.05) is 60.7 Å². The van der Waals surface area contributed by atoms with Crippen molar-refractivity contribution < 1.29 is 28.6 Å². The lowest BCUT2D eigenvalue weighted by atomic mass is 10.2. The van der Waals surface area contributed by atoms with Gasteiger partial charge < -0.3 is 14.2 Å². The second-order valence-corrected chi connectivity index (χ2v) is 9.12. The van der Waals surface area contributed by atoms with Crippen molar-refractivity contribution in [3.8, 4) is 0 Å². The van der Waals surface area contributed by atoms with Crippen LogP contribution in [0, 0.1) is 0 Å². The zero-order valence-corrected chi connectivity index (χ0v) is 20.5. The molecule has 1 heterocycles. The molecular weight excluding hydrogens is 480 g/mol. The summed E-state index contributed by atoms with van der Waals surface area (Å²) in [7, 11) is 0. The third-order valence-corrected chi connectivity index (χ3v) is 6.53. The van der Waals surface area contributed by atoms with E-state index in [1.807, 2.05) is 60.7 Å². The minimum absolute atomic E-state index is 0.0754. The number of amides is 2. The molecule has 0 saturated carbocycles. The molecule has 0 aliphatic carbocycles. The normalized spacial score (nSPS) is 14.4. The monoisotopic (exact) mass is 506 g/mol. The van der Waals surface area contributed by atoms with E-state index in [1.165, 1.54) is 16.7 Å². The maximum atomic E-state index is 13.1. The van der Waals surface area contributed by atoms with Gasteiger partial charge in [0.2, 0.25) is 0 Å². The number of rotatable bonds is 7. The van der Waals surface area contributed by atoms with Crippen molar-refractivity contribution in [3.05, 3.63) is 90.0 Å². The number of hydrogen-bond donors (Lipinski definition) is 1. The molecule has 1 unspecified atom stereocenters. The Balaban J connectivity index is 1.49. The molecule has 0 radical (unpaired) electrons. The highest BCUT2D eigenvalue weighted by molar-refractivity contribution is 8.00. The van der Waals surface area contributed by atoms with Crippen molar-refractivity contribution in [1.29, 1.82) is 0 Å². The highest BCUT2D eigenvalue weighted by Gasteiger charge is 2.35. The summed E-state index contributed by atoms with van der Waals surface area (Å²) in [6.45, 7) is 2.28. The van der Waals surface area contributed by atoms with Crippen molar-refractivity contribution in [3.63, 3.8) is 0 Å². The van der Waals surface area contributed by atoms with Crippen LogP contribution in [-0.4, -0.2) is 36.6 Å². The molecule has 1 atom stereocenters. The molecule has 1 aliphatic rings. The quantitative estimate of drug-likeness (QED) is 0.328. The van der Waals surface area contributed by atoms with Crippen LogP contribution in [0.1, 0.15) is 18.1 Å². The Hall–Kier alpha value is -3.98. The third-order valence-electron chi connectivity index (χ3n) is 5.30. The van der Waals surface area contributed by atoms with Crippen LogP contribution < -0.4 is 10.2 Å². The minimum Gasteiger partial charge on any atom is -0.465 e. The topological polar surface area (TPSA) is 94.2 Å². The van der Waals surface area contributed by atoms with Crippen LogP contribution in [-0.2, 0) is 32.2 Å². The van der Waals surface area contributed by atoms with Gasteiger partial charge in [0.1, 0.15) is 18.5 Å². The van der Waals surface area contributed by atoms with Crippen molar-refractivity contribution in [2.45, 2.75) is 30.3 Å². The zero-order valence-electron chi connectivity index (χ0n) is 19.7. The first-order valence-corrected chi connectivity index (χ1v) is 12.3. The fourth-order valence-corrected chi connectivity index (χ4v) is 4.70. The first-order chi connectivity index (χ1) is 17.5. The summed E-state index contributed by atoms with van der Waals surface area (Å²) in [5.74, 6) is -0.402. The van der Waals surface area contributed by atoms with E-state index in [0.29, 0.717) is 16.3 Å². The highest BCUT2D eigenvalue weighted by Crippen LogP contribution is 2.41. The molecular formula is C27H26N2O6S. The van der Waals surface area contributed by atoms with Gasteiger partial charge in [-0.25, -0.2) is 9.59 Å². The van der Waals surface area contributed by atoms with E-state index in [1.54, 1.807) is 25.1 Å². The van der Waals surface area contributed by atoms with Gasteiger partial charge in [0.15, 0.2) is 0 Å². The number of nitrogens with zero attached hydrogens (tertiary/aromatic N) is 1. The lowest BCUT2D eigenvalue weighted by molar-refractivity contribution is -0.142. The first kappa shape index (κ1) is 25.1. The zero-order chi connectivity index (χ0) is 25.3. The Morgan fingerprint density at radius 3 is 2.17 bits per heavy atom. The largest absolute Gasteiger partial charge is 0.465 e. The van der Waals surface area contributed by atoms with E-state index in [9.17, 15) is 14.4 Å². The summed E-state index contributed by atoms with van der Waals surface area (Å²) in [6.07, 6.45) is -1.22. The Kier molecular flexibility index (Phi) is 8.46. The van der Waals surface area contributed by atoms with Gasteiger partial charge in [-0.3, -0.25) is 15.0 Å². The fourth-order valence-electron chi connectivity index (χ4n) is 3.57. The van der Waals surface area contributed by atoms with Gasteiger partial charge in [-0.2, -0.15) is 0 Å². The molecule has 0 fully saturated rings. The van der Waals surface area contributed by atoms with E-state index >= 15 is 0 Å². The van der Waals surface area contributed by atoms with Crippen LogP contribution in [0.15, 0.2) is 83.8 Å². The minimum atomic E-state index is -0.620. The smallest absolute Gasteiger partial charge is 0.414 e. The summed E-state index contributed by atoms with van der Waals surface area (Å²) >= 11 is 1.31. The second kappa shape index (κ2) is 12.1. The van der Waals surface area contributed by atoms with Gasteiger partial charge in [0, 0.05) is 10.6 Å².